The first kappa shape index (κ1) is 9.28. The second kappa shape index (κ2) is 4.95. The zero-order chi connectivity index (χ0) is 8.81. The van der Waals surface area contributed by atoms with Gasteiger partial charge in [0, 0.05) is 6.04 Å². The molecule has 1 aliphatic heterocycles. The fourth-order valence-electron chi connectivity index (χ4n) is 1.77. The van der Waals surface area contributed by atoms with Crippen molar-refractivity contribution in [3.05, 3.63) is 12.7 Å². The molecule has 0 saturated carbocycles. The fourth-order valence-corrected chi connectivity index (χ4v) is 1.77. The second-order valence-corrected chi connectivity index (χ2v) is 3.28. The van der Waals surface area contributed by atoms with Gasteiger partial charge in [-0.2, -0.15) is 5.26 Å². The van der Waals surface area contributed by atoms with Gasteiger partial charge in [-0.1, -0.05) is 6.08 Å². The van der Waals surface area contributed by atoms with Gasteiger partial charge in [-0.15, -0.1) is 6.58 Å². The van der Waals surface area contributed by atoms with Crippen LogP contribution in [0.3, 0.4) is 0 Å². The number of hydrogen-bond acceptors (Lipinski definition) is 2. The lowest BCUT2D eigenvalue weighted by Crippen LogP contribution is -2.31. The molecule has 1 saturated heterocycles. The molecule has 0 spiro atoms. The average Bonchev–Trinajstić information content (AvgIpc) is 2.56. The Bertz CT molecular complexity index is 175. The Labute approximate surface area is 74.5 Å². The van der Waals surface area contributed by atoms with Crippen LogP contribution in [-0.2, 0) is 0 Å². The topological polar surface area (TPSA) is 27.0 Å². The van der Waals surface area contributed by atoms with E-state index in [4.69, 9.17) is 5.26 Å². The van der Waals surface area contributed by atoms with Crippen molar-refractivity contribution in [1.29, 1.82) is 5.26 Å². The molecule has 1 aliphatic rings. The van der Waals surface area contributed by atoms with E-state index in [0.717, 1.165) is 6.42 Å². The maximum Gasteiger partial charge on any atom is 0.0638 e. The molecule has 0 aliphatic carbocycles. The Hall–Kier alpha value is -0.810. The molecule has 0 radical (unpaired) electrons. The molecular weight excluding hydrogens is 148 g/mol. The number of hydrogen-bond donors (Lipinski definition) is 0. The summed E-state index contributed by atoms with van der Waals surface area (Å²) in [4.78, 5) is 2.41. The van der Waals surface area contributed by atoms with Crippen LogP contribution in [0.25, 0.3) is 0 Å². The monoisotopic (exact) mass is 164 g/mol. The van der Waals surface area contributed by atoms with Gasteiger partial charge >= 0.3 is 0 Å². The maximum absolute atomic E-state index is 8.61. The lowest BCUT2D eigenvalue weighted by atomic mass is 10.1. The quantitative estimate of drug-likeness (QED) is 0.594. The maximum atomic E-state index is 8.61. The Morgan fingerprint density at radius 1 is 1.50 bits per heavy atom. The van der Waals surface area contributed by atoms with E-state index in [1.807, 2.05) is 6.08 Å². The highest BCUT2D eigenvalue weighted by molar-refractivity contribution is 4.89. The standard InChI is InChI=1S/C10H16N2/c1-2-5-10(6-7-11)12-8-3-4-9-12/h2,10H,1,3-6,8-9H2. The number of rotatable bonds is 4. The summed E-state index contributed by atoms with van der Waals surface area (Å²) in [5, 5.41) is 8.61. The van der Waals surface area contributed by atoms with Crippen molar-refractivity contribution in [2.45, 2.75) is 31.7 Å². The molecule has 0 bridgehead atoms. The first-order chi connectivity index (χ1) is 5.88. The molecular formula is C10H16N2. The highest BCUT2D eigenvalue weighted by atomic mass is 15.2. The summed E-state index contributed by atoms with van der Waals surface area (Å²) < 4.78 is 0. The van der Waals surface area contributed by atoms with Crippen molar-refractivity contribution >= 4 is 0 Å². The predicted molar refractivity (Wildman–Crippen MR) is 49.6 cm³/mol. The van der Waals surface area contributed by atoms with Crippen LogP contribution in [-0.4, -0.2) is 24.0 Å². The molecule has 2 nitrogen and oxygen atoms in total. The van der Waals surface area contributed by atoms with Crippen LogP contribution < -0.4 is 0 Å². The molecule has 1 fully saturated rings. The molecule has 1 atom stereocenters. The molecule has 1 heterocycles. The molecule has 0 aromatic carbocycles. The molecule has 0 amide bonds. The number of likely N-dealkylation sites (tertiary alicyclic amines) is 1. The Balaban J connectivity index is 2.40. The van der Waals surface area contributed by atoms with Gasteiger partial charge in [0.2, 0.25) is 0 Å². The SMILES string of the molecule is C=CCC(CC#N)N1CCCC1. The lowest BCUT2D eigenvalue weighted by Gasteiger charge is -2.23. The van der Waals surface area contributed by atoms with Crippen LogP contribution in [0, 0.1) is 11.3 Å². The molecule has 1 rings (SSSR count). The zero-order valence-electron chi connectivity index (χ0n) is 7.50. The summed E-state index contributed by atoms with van der Waals surface area (Å²) in [6.45, 7) is 6.05. The predicted octanol–water partition coefficient (Wildman–Crippen LogP) is 1.94. The Morgan fingerprint density at radius 3 is 2.67 bits per heavy atom. The van der Waals surface area contributed by atoms with E-state index in [1.54, 1.807) is 0 Å². The fraction of sp³-hybridized carbons (Fsp3) is 0.700. The van der Waals surface area contributed by atoms with E-state index >= 15 is 0 Å². The van der Waals surface area contributed by atoms with Crippen molar-refractivity contribution in [2.24, 2.45) is 0 Å². The van der Waals surface area contributed by atoms with Crippen molar-refractivity contribution < 1.29 is 0 Å². The van der Waals surface area contributed by atoms with Crippen LogP contribution in [0.4, 0.5) is 0 Å². The second-order valence-electron chi connectivity index (χ2n) is 3.28. The third kappa shape index (κ3) is 2.35. The summed E-state index contributed by atoms with van der Waals surface area (Å²) in [5.74, 6) is 0. The van der Waals surface area contributed by atoms with Crippen molar-refractivity contribution in [3.63, 3.8) is 0 Å². The molecule has 0 aromatic rings. The summed E-state index contributed by atoms with van der Waals surface area (Å²) in [6, 6.07) is 2.67. The minimum atomic E-state index is 0.426. The highest BCUT2D eigenvalue weighted by Gasteiger charge is 2.19. The normalized spacial score (nSPS) is 20.2. The summed E-state index contributed by atoms with van der Waals surface area (Å²) in [6.07, 6.45) is 6.10. The number of nitriles is 1. The van der Waals surface area contributed by atoms with E-state index in [0.29, 0.717) is 12.5 Å². The zero-order valence-corrected chi connectivity index (χ0v) is 7.50. The largest absolute Gasteiger partial charge is 0.299 e. The van der Waals surface area contributed by atoms with Gasteiger partial charge in [-0.25, -0.2) is 0 Å². The van der Waals surface area contributed by atoms with E-state index in [2.05, 4.69) is 17.5 Å². The van der Waals surface area contributed by atoms with E-state index in [9.17, 15) is 0 Å². The van der Waals surface area contributed by atoms with Gasteiger partial charge in [0.1, 0.15) is 0 Å². The summed E-state index contributed by atoms with van der Waals surface area (Å²) in [5.41, 5.74) is 0. The van der Waals surface area contributed by atoms with Crippen molar-refractivity contribution in [3.8, 4) is 6.07 Å². The molecule has 1 unspecified atom stereocenters. The molecule has 0 N–H and O–H groups in total. The molecule has 0 aromatic heterocycles. The van der Waals surface area contributed by atoms with Crippen LogP contribution in [0.2, 0.25) is 0 Å². The van der Waals surface area contributed by atoms with Gasteiger partial charge in [0.05, 0.1) is 12.5 Å². The Kier molecular flexibility index (Phi) is 3.83. The van der Waals surface area contributed by atoms with E-state index < -0.39 is 0 Å². The molecule has 66 valence electrons. The van der Waals surface area contributed by atoms with E-state index in [-0.39, 0.29) is 0 Å². The first-order valence-corrected chi connectivity index (χ1v) is 4.60. The summed E-state index contributed by atoms with van der Waals surface area (Å²) >= 11 is 0. The average molecular weight is 164 g/mol. The summed E-state index contributed by atoms with van der Waals surface area (Å²) in [7, 11) is 0. The van der Waals surface area contributed by atoms with Crippen LogP contribution in [0.15, 0.2) is 12.7 Å². The first-order valence-electron chi connectivity index (χ1n) is 4.60. The van der Waals surface area contributed by atoms with Crippen LogP contribution in [0.5, 0.6) is 0 Å². The Morgan fingerprint density at radius 2 is 2.17 bits per heavy atom. The van der Waals surface area contributed by atoms with Gasteiger partial charge in [-0.3, -0.25) is 4.90 Å². The van der Waals surface area contributed by atoms with Gasteiger partial charge in [0.25, 0.3) is 0 Å². The lowest BCUT2D eigenvalue weighted by molar-refractivity contribution is 0.246. The minimum absolute atomic E-state index is 0.426. The minimum Gasteiger partial charge on any atom is -0.299 e. The third-order valence-electron chi connectivity index (χ3n) is 2.42. The van der Waals surface area contributed by atoms with E-state index in [1.165, 1.54) is 25.9 Å². The molecule has 12 heavy (non-hydrogen) atoms. The smallest absolute Gasteiger partial charge is 0.0638 e. The van der Waals surface area contributed by atoms with Gasteiger partial charge in [-0.05, 0) is 32.4 Å². The molecule has 2 heteroatoms. The van der Waals surface area contributed by atoms with Gasteiger partial charge in [0.15, 0.2) is 0 Å². The third-order valence-corrected chi connectivity index (χ3v) is 2.42. The van der Waals surface area contributed by atoms with Crippen molar-refractivity contribution in [1.82, 2.24) is 4.90 Å². The number of nitrogens with zero attached hydrogens (tertiary/aromatic N) is 2. The van der Waals surface area contributed by atoms with Gasteiger partial charge < -0.3 is 0 Å². The van der Waals surface area contributed by atoms with Crippen LogP contribution in [0.1, 0.15) is 25.7 Å². The highest BCUT2D eigenvalue weighted by Crippen LogP contribution is 2.16. The van der Waals surface area contributed by atoms with Crippen LogP contribution >= 0.6 is 0 Å². The van der Waals surface area contributed by atoms with Crippen molar-refractivity contribution in [2.75, 3.05) is 13.1 Å².